The number of carbonyl (C=O) groups excluding carboxylic acids is 1. The van der Waals surface area contributed by atoms with Crippen molar-refractivity contribution in [2.75, 3.05) is 7.11 Å². The predicted molar refractivity (Wildman–Crippen MR) is 47.8 cm³/mol. The molecule has 1 aromatic carbocycles. The van der Waals surface area contributed by atoms with Crippen LogP contribution in [0.1, 0.15) is 15.9 Å². The third-order valence-electron chi connectivity index (χ3n) is 1.71. The molecule has 0 saturated carbocycles. The maximum atomic E-state index is 13.1. The Bertz CT molecular complexity index is 386. The Morgan fingerprint density at radius 1 is 1.43 bits per heavy atom. The summed E-state index contributed by atoms with van der Waals surface area (Å²) in [7, 11) is 1.10. The quantitative estimate of drug-likeness (QED) is 0.682. The fourth-order valence-electron chi connectivity index (χ4n) is 0.985. The summed E-state index contributed by atoms with van der Waals surface area (Å²) in [5.41, 5.74) is -0.411. The molecule has 1 aromatic rings. The van der Waals surface area contributed by atoms with Gasteiger partial charge in [-0.3, -0.25) is 0 Å². The van der Waals surface area contributed by atoms with Gasteiger partial charge in [-0.1, -0.05) is 12.7 Å². The number of carbonyl (C=O) groups is 1. The molecule has 0 aliphatic carbocycles. The van der Waals surface area contributed by atoms with Crippen LogP contribution >= 0.6 is 0 Å². The normalized spacial score (nSPS) is 9.64. The Hall–Kier alpha value is -1.71. The maximum Gasteiger partial charge on any atom is 0.340 e. The molecule has 1 rings (SSSR count). The van der Waals surface area contributed by atoms with E-state index in [-0.39, 0.29) is 5.56 Å². The Balaban J connectivity index is 3.28. The van der Waals surface area contributed by atoms with Crippen LogP contribution in [0.3, 0.4) is 0 Å². The fraction of sp³-hybridized carbons (Fsp3) is 0.100. The summed E-state index contributed by atoms with van der Waals surface area (Å²) >= 11 is 0. The molecule has 0 unspecified atom stereocenters. The van der Waals surface area contributed by atoms with Crippen LogP contribution < -0.4 is 0 Å². The largest absolute Gasteiger partial charge is 0.465 e. The number of esters is 1. The molecule has 0 bridgehead atoms. The molecule has 0 spiro atoms. The Morgan fingerprint density at radius 2 is 2.07 bits per heavy atom. The van der Waals surface area contributed by atoms with E-state index in [0.717, 1.165) is 19.2 Å². The van der Waals surface area contributed by atoms with E-state index >= 15 is 0 Å². The number of halogens is 2. The number of benzene rings is 1. The molecular weight excluding hydrogens is 190 g/mol. The molecule has 0 aliphatic heterocycles. The lowest BCUT2D eigenvalue weighted by molar-refractivity contribution is 0.0595. The van der Waals surface area contributed by atoms with Gasteiger partial charge in [0.1, 0.15) is 11.6 Å². The Morgan fingerprint density at radius 3 is 2.57 bits per heavy atom. The zero-order valence-corrected chi connectivity index (χ0v) is 7.51. The predicted octanol–water partition coefficient (Wildman–Crippen LogP) is 2.39. The van der Waals surface area contributed by atoms with Crippen molar-refractivity contribution in [2.24, 2.45) is 0 Å². The van der Waals surface area contributed by atoms with E-state index in [9.17, 15) is 13.6 Å². The number of hydrogen-bond acceptors (Lipinski definition) is 2. The molecule has 0 heterocycles. The van der Waals surface area contributed by atoms with E-state index in [2.05, 4.69) is 11.3 Å². The average Bonchev–Trinajstić information content (AvgIpc) is 2.19. The zero-order valence-electron chi connectivity index (χ0n) is 7.51. The molecule has 0 fully saturated rings. The fourth-order valence-corrected chi connectivity index (χ4v) is 0.985. The summed E-state index contributed by atoms with van der Waals surface area (Å²) in [6, 6.07) is 1.69. The van der Waals surface area contributed by atoms with Crippen molar-refractivity contribution in [1.82, 2.24) is 0 Å². The van der Waals surface area contributed by atoms with Crippen LogP contribution in [-0.4, -0.2) is 13.1 Å². The first-order chi connectivity index (χ1) is 6.60. The summed E-state index contributed by atoms with van der Waals surface area (Å²) in [6.07, 6.45) is 1.17. The highest BCUT2D eigenvalue weighted by molar-refractivity contribution is 5.89. The third kappa shape index (κ3) is 1.79. The SMILES string of the molecule is C=Cc1cc(F)c(C(=O)OC)cc1F. The van der Waals surface area contributed by atoms with Crippen molar-refractivity contribution in [3.8, 4) is 0 Å². The third-order valence-corrected chi connectivity index (χ3v) is 1.71. The van der Waals surface area contributed by atoms with Gasteiger partial charge in [0.15, 0.2) is 0 Å². The molecule has 0 saturated heterocycles. The van der Waals surface area contributed by atoms with E-state index in [4.69, 9.17) is 0 Å². The Labute approximate surface area is 79.8 Å². The van der Waals surface area contributed by atoms with Crippen molar-refractivity contribution >= 4 is 12.0 Å². The molecule has 0 N–H and O–H groups in total. The highest BCUT2D eigenvalue weighted by Crippen LogP contribution is 2.16. The lowest BCUT2D eigenvalue weighted by Crippen LogP contribution is -2.05. The van der Waals surface area contributed by atoms with Crippen LogP contribution in [0.25, 0.3) is 6.08 Å². The highest BCUT2D eigenvalue weighted by Gasteiger charge is 2.14. The van der Waals surface area contributed by atoms with Gasteiger partial charge in [0.05, 0.1) is 12.7 Å². The maximum absolute atomic E-state index is 13.1. The number of rotatable bonds is 2. The van der Waals surface area contributed by atoms with Gasteiger partial charge in [0, 0.05) is 5.56 Å². The van der Waals surface area contributed by atoms with Crippen LogP contribution in [0.4, 0.5) is 8.78 Å². The summed E-state index contributed by atoms with van der Waals surface area (Å²) in [4.78, 5) is 10.9. The van der Waals surface area contributed by atoms with E-state index in [1.54, 1.807) is 0 Å². The monoisotopic (exact) mass is 198 g/mol. The van der Waals surface area contributed by atoms with Crippen LogP contribution in [-0.2, 0) is 4.74 Å². The minimum absolute atomic E-state index is 0.00940. The van der Waals surface area contributed by atoms with E-state index in [1.165, 1.54) is 6.08 Å². The van der Waals surface area contributed by atoms with Crippen molar-refractivity contribution in [1.29, 1.82) is 0 Å². The molecule has 0 atom stereocenters. The summed E-state index contributed by atoms with van der Waals surface area (Å²) < 4.78 is 30.5. The summed E-state index contributed by atoms with van der Waals surface area (Å²) in [5.74, 6) is -2.44. The first-order valence-electron chi connectivity index (χ1n) is 3.80. The molecule has 14 heavy (non-hydrogen) atoms. The first-order valence-corrected chi connectivity index (χ1v) is 3.80. The second-order valence-electron chi connectivity index (χ2n) is 2.55. The van der Waals surface area contributed by atoms with Gasteiger partial charge in [0.2, 0.25) is 0 Å². The smallest absolute Gasteiger partial charge is 0.340 e. The van der Waals surface area contributed by atoms with Crippen LogP contribution in [0.2, 0.25) is 0 Å². The molecule has 0 aromatic heterocycles. The summed E-state index contributed by atoms with van der Waals surface area (Å²) in [6.45, 7) is 3.30. The molecule has 4 heteroatoms. The van der Waals surface area contributed by atoms with Crippen LogP contribution in [0.5, 0.6) is 0 Å². The standard InChI is InChI=1S/C10H8F2O2/c1-3-6-4-9(12)7(5-8(6)11)10(13)14-2/h3-5H,1H2,2H3. The van der Waals surface area contributed by atoms with Gasteiger partial charge in [-0.25, -0.2) is 13.6 Å². The summed E-state index contributed by atoms with van der Waals surface area (Å²) in [5, 5.41) is 0. The number of hydrogen-bond donors (Lipinski definition) is 0. The van der Waals surface area contributed by atoms with Crippen molar-refractivity contribution < 1.29 is 18.3 Å². The zero-order chi connectivity index (χ0) is 10.7. The molecule has 0 aliphatic rings. The average molecular weight is 198 g/mol. The highest BCUT2D eigenvalue weighted by atomic mass is 19.1. The minimum Gasteiger partial charge on any atom is -0.465 e. The first kappa shape index (κ1) is 10.4. The molecule has 0 radical (unpaired) electrons. The lowest BCUT2D eigenvalue weighted by Gasteiger charge is -2.03. The van der Waals surface area contributed by atoms with Crippen LogP contribution in [0, 0.1) is 11.6 Å². The van der Waals surface area contributed by atoms with Crippen molar-refractivity contribution in [2.45, 2.75) is 0 Å². The minimum atomic E-state index is -0.906. The van der Waals surface area contributed by atoms with Gasteiger partial charge in [0.25, 0.3) is 0 Å². The van der Waals surface area contributed by atoms with E-state index in [1.807, 2.05) is 0 Å². The van der Waals surface area contributed by atoms with Crippen molar-refractivity contribution in [3.63, 3.8) is 0 Å². The molecule has 74 valence electrons. The second-order valence-corrected chi connectivity index (χ2v) is 2.55. The van der Waals surface area contributed by atoms with E-state index in [0.29, 0.717) is 0 Å². The number of ether oxygens (including phenoxy) is 1. The van der Waals surface area contributed by atoms with Crippen molar-refractivity contribution in [3.05, 3.63) is 41.5 Å². The van der Waals surface area contributed by atoms with Gasteiger partial charge in [-0.05, 0) is 12.1 Å². The molecular formula is C10H8F2O2. The molecule has 0 amide bonds. The molecule has 2 nitrogen and oxygen atoms in total. The van der Waals surface area contributed by atoms with Gasteiger partial charge < -0.3 is 4.74 Å². The number of methoxy groups -OCH3 is 1. The van der Waals surface area contributed by atoms with Gasteiger partial charge in [-0.15, -0.1) is 0 Å². The topological polar surface area (TPSA) is 26.3 Å². The van der Waals surface area contributed by atoms with Crippen LogP contribution in [0.15, 0.2) is 18.7 Å². The van der Waals surface area contributed by atoms with E-state index < -0.39 is 23.2 Å². The van der Waals surface area contributed by atoms with Gasteiger partial charge in [-0.2, -0.15) is 0 Å². The second kappa shape index (κ2) is 4.00. The van der Waals surface area contributed by atoms with Gasteiger partial charge >= 0.3 is 5.97 Å². The Kier molecular flexibility index (Phi) is 2.96. The lowest BCUT2D eigenvalue weighted by atomic mass is 10.1.